The number of nitrogens with zero attached hydrogens (tertiary/aromatic N) is 2. The van der Waals surface area contributed by atoms with Gasteiger partial charge in [0.25, 0.3) is 0 Å². The number of aromatic nitrogens is 2. The van der Waals surface area contributed by atoms with Crippen LogP contribution in [0.4, 0.5) is 17.6 Å². The highest BCUT2D eigenvalue weighted by molar-refractivity contribution is 5.92. The zero-order chi connectivity index (χ0) is 20.5. The van der Waals surface area contributed by atoms with Crippen molar-refractivity contribution >= 4 is 5.97 Å². The highest BCUT2D eigenvalue weighted by Gasteiger charge is 2.39. The number of hydrogen-bond donors (Lipinski definition) is 1. The molecule has 0 amide bonds. The predicted octanol–water partition coefficient (Wildman–Crippen LogP) is 3.49. The maximum atomic E-state index is 14.5. The molecular formula is C17H18F4N2O4. The van der Waals surface area contributed by atoms with Crippen molar-refractivity contribution in [2.45, 2.75) is 39.2 Å². The average molecular weight is 390 g/mol. The third-order valence-electron chi connectivity index (χ3n) is 3.80. The number of ether oxygens (including phenoxy) is 2. The monoisotopic (exact) mass is 390 g/mol. The normalized spacial score (nSPS) is 14.0. The second-order valence-corrected chi connectivity index (χ2v) is 5.91. The Morgan fingerprint density at radius 3 is 2.41 bits per heavy atom. The molecule has 0 aliphatic heterocycles. The number of halogens is 4. The van der Waals surface area contributed by atoms with Gasteiger partial charge in [0.2, 0.25) is 0 Å². The first-order chi connectivity index (χ1) is 12.5. The molecule has 0 saturated heterocycles. The van der Waals surface area contributed by atoms with Crippen molar-refractivity contribution in [2.24, 2.45) is 0 Å². The molecule has 0 spiro atoms. The lowest BCUT2D eigenvalue weighted by Crippen LogP contribution is -2.31. The smallest absolute Gasteiger partial charge is 0.425 e. The maximum Gasteiger partial charge on any atom is 0.425 e. The summed E-state index contributed by atoms with van der Waals surface area (Å²) in [6.45, 7) is 3.86. The Morgan fingerprint density at radius 2 is 1.93 bits per heavy atom. The van der Waals surface area contributed by atoms with Gasteiger partial charge in [-0.1, -0.05) is 0 Å². The summed E-state index contributed by atoms with van der Waals surface area (Å²) < 4.78 is 63.4. The first kappa shape index (κ1) is 20.7. The fraction of sp³-hybridized carbons (Fsp3) is 0.412. The number of carbonyl (C=O) groups excluding carboxylic acids is 1. The van der Waals surface area contributed by atoms with Crippen LogP contribution in [0.1, 0.15) is 41.6 Å². The van der Waals surface area contributed by atoms with E-state index in [0.717, 1.165) is 30.8 Å². The van der Waals surface area contributed by atoms with E-state index in [1.54, 1.807) is 6.92 Å². The van der Waals surface area contributed by atoms with E-state index in [1.165, 1.54) is 13.1 Å². The quantitative estimate of drug-likeness (QED) is 0.625. The lowest BCUT2D eigenvalue weighted by Gasteiger charge is -2.20. The SMILES string of the molecule is COC(=O)c1cc(F)c(-n2cc(C)c([C@H](C)O)n2)cc1O[C@@H](C)C(F)(F)F. The molecule has 10 heteroatoms. The molecule has 27 heavy (non-hydrogen) atoms. The summed E-state index contributed by atoms with van der Waals surface area (Å²) >= 11 is 0. The topological polar surface area (TPSA) is 73.6 Å². The Morgan fingerprint density at radius 1 is 1.30 bits per heavy atom. The van der Waals surface area contributed by atoms with Crippen molar-refractivity contribution in [3.63, 3.8) is 0 Å². The van der Waals surface area contributed by atoms with E-state index < -0.39 is 41.5 Å². The average Bonchev–Trinajstić information content (AvgIpc) is 2.96. The van der Waals surface area contributed by atoms with Crippen LogP contribution in [-0.2, 0) is 4.74 Å². The standard InChI is InChI=1S/C17H18F4N2O4/c1-8-7-23(22-15(8)9(2)24)13-6-14(27-10(3)17(19,20)21)11(5-12(13)18)16(25)26-4/h5-7,9-10,24H,1-4H3/t9-,10-/m0/s1. The van der Waals surface area contributed by atoms with Crippen molar-refractivity contribution in [3.8, 4) is 11.4 Å². The van der Waals surface area contributed by atoms with E-state index >= 15 is 0 Å². The summed E-state index contributed by atoms with van der Waals surface area (Å²) in [7, 11) is 1.01. The molecule has 1 heterocycles. The molecule has 0 fully saturated rings. The molecule has 0 aliphatic carbocycles. The molecule has 1 aromatic carbocycles. The van der Waals surface area contributed by atoms with Gasteiger partial charge in [-0.15, -0.1) is 0 Å². The molecular weight excluding hydrogens is 372 g/mol. The molecule has 2 aromatic rings. The van der Waals surface area contributed by atoms with Gasteiger partial charge in [0.05, 0.1) is 18.9 Å². The molecule has 148 valence electrons. The van der Waals surface area contributed by atoms with Crippen LogP contribution in [0.2, 0.25) is 0 Å². The number of benzene rings is 1. The van der Waals surface area contributed by atoms with Gasteiger partial charge in [-0.05, 0) is 32.4 Å². The predicted molar refractivity (Wildman–Crippen MR) is 86.4 cm³/mol. The molecule has 6 nitrogen and oxygen atoms in total. The molecule has 0 radical (unpaired) electrons. The number of methoxy groups -OCH3 is 1. The van der Waals surface area contributed by atoms with E-state index in [1.807, 2.05) is 0 Å². The summed E-state index contributed by atoms with van der Waals surface area (Å²) in [6.07, 6.45) is -6.46. The van der Waals surface area contributed by atoms with E-state index in [9.17, 15) is 27.5 Å². The van der Waals surface area contributed by atoms with Gasteiger partial charge in [-0.3, -0.25) is 0 Å². The Kier molecular flexibility index (Phi) is 5.79. The van der Waals surface area contributed by atoms with E-state index in [2.05, 4.69) is 9.84 Å². The number of esters is 1. The van der Waals surface area contributed by atoms with E-state index in [-0.39, 0.29) is 11.4 Å². The van der Waals surface area contributed by atoms with Gasteiger partial charge >= 0.3 is 12.1 Å². The number of aliphatic hydroxyl groups is 1. The minimum atomic E-state index is -4.69. The van der Waals surface area contributed by atoms with Crippen LogP contribution in [0.3, 0.4) is 0 Å². The molecule has 0 aliphatic rings. The first-order valence-electron chi connectivity index (χ1n) is 7.85. The third-order valence-corrected chi connectivity index (χ3v) is 3.80. The lowest BCUT2D eigenvalue weighted by atomic mass is 10.1. The fourth-order valence-electron chi connectivity index (χ4n) is 2.35. The Balaban J connectivity index is 2.58. The Hall–Kier alpha value is -2.62. The number of aliphatic hydroxyl groups excluding tert-OH is 1. The second-order valence-electron chi connectivity index (χ2n) is 5.91. The number of hydrogen-bond acceptors (Lipinski definition) is 5. The summed E-state index contributed by atoms with van der Waals surface area (Å²) in [5.41, 5.74) is 0.0849. The highest BCUT2D eigenvalue weighted by Crippen LogP contribution is 2.31. The second kappa shape index (κ2) is 7.55. The Bertz CT molecular complexity index is 846. The number of rotatable bonds is 5. The zero-order valence-corrected chi connectivity index (χ0v) is 15.0. The molecule has 0 saturated carbocycles. The molecule has 0 bridgehead atoms. The molecule has 2 rings (SSSR count). The van der Waals surface area contributed by atoms with Gasteiger partial charge in [-0.25, -0.2) is 13.9 Å². The van der Waals surface area contributed by atoms with E-state index in [0.29, 0.717) is 5.56 Å². The molecule has 2 atom stereocenters. The van der Waals surface area contributed by atoms with Gasteiger partial charge < -0.3 is 14.6 Å². The summed E-state index contributed by atoms with van der Waals surface area (Å²) in [6, 6.07) is 1.65. The van der Waals surface area contributed by atoms with Crippen LogP contribution in [-0.4, -0.2) is 40.2 Å². The number of alkyl halides is 3. The summed E-state index contributed by atoms with van der Waals surface area (Å²) in [4.78, 5) is 11.8. The molecule has 1 N–H and O–H groups in total. The van der Waals surface area contributed by atoms with Gasteiger partial charge in [0.15, 0.2) is 6.10 Å². The number of aryl methyl sites for hydroxylation is 1. The van der Waals surface area contributed by atoms with Crippen LogP contribution in [0.5, 0.6) is 5.75 Å². The molecule has 0 unspecified atom stereocenters. The van der Waals surface area contributed by atoms with E-state index in [4.69, 9.17) is 4.74 Å². The van der Waals surface area contributed by atoms with Crippen molar-refractivity contribution in [2.75, 3.05) is 7.11 Å². The van der Waals surface area contributed by atoms with Gasteiger partial charge in [-0.2, -0.15) is 18.3 Å². The maximum absolute atomic E-state index is 14.5. The first-order valence-corrected chi connectivity index (χ1v) is 7.85. The Labute approximate surface area is 152 Å². The van der Waals surface area contributed by atoms with Crippen molar-refractivity contribution < 1.29 is 36.9 Å². The van der Waals surface area contributed by atoms with Crippen LogP contribution in [0, 0.1) is 12.7 Å². The number of carbonyl (C=O) groups is 1. The zero-order valence-electron chi connectivity index (χ0n) is 15.0. The van der Waals surface area contributed by atoms with Crippen molar-refractivity contribution in [1.29, 1.82) is 0 Å². The summed E-state index contributed by atoms with van der Waals surface area (Å²) in [5.74, 6) is -2.48. The van der Waals surface area contributed by atoms with Gasteiger partial charge in [0.1, 0.15) is 22.8 Å². The largest absolute Gasteiger partial charge is 0.480 e. The third kappa shape index (κ3) is 4.38. The minimum absolute atomic E-state index is 0.248. The van der Waals surface area contributed by atoms with Crippen LogP contribution >= 0.6 is 0 Å². The van der Waals surface area contributed by atoms with Gasteiger partial charge in [0, 0.05) is 12.3 Å². The van der Waals surface area contributed by atoms with Crippen molar-refractivity contribution in [3.05, 3.63) is 41.0 Å². The van der Waals surface area contributed by atoms with Crippen LogP contribution in [0.15, 0.2) is 18.3 Å². The van der Waals surface area contributed by atoms with Crippen LogP contribution in [0.25, 0.3) is 5.69 Å². The van der Waals surface area contributed by atoms with Crippen LogP contribution < -0.4 is 4.74 Å². The lowest BCUT2D eigenvalue weighted by molar-refractivity contribution is -0.189. The molecule has 1 aromatic heterocycles. The minimum Gasteiger partial charge on any atom is -0.480 e. The van der Waals surface area contributed by atoms with Crippen molar-refractivity contribution in [1.82, 2.24) is 9.78 Å². The summed E-state index contributed by atoms with van der Waals surface area (Å²) in [5, 5.41) is 13.7. The highest BCUT2D eigenvalue weighted by atomic mass is 19.4. The fourth-order valence-corrected chi connectivity index (χ4v) is 2.35.